The quantitative estimate of drug-likeness (QED) is 0.758. The van der Waals surface area contributed by atoms with Gasteiger partial charge in [-0.15, -0.1) is 11.3 Å². The van der Waals surface area contributed by atoms with Crippen LogP contribution in [0.2, 0.25) is 0 Å². The first-order valence-corrected chi connectivity index (χ1v) is 7.08. The predicted molar refractivity (Wildman–Crippen MR) is 72.4 cm³/mol. The number of nitrogens with zero attached hydrogens (tertiary/aromatic N) is 2. The molecule has 0 bridgehead atoms. The van der Waals surface area contributed by atoms with Gasteiger partial charge in [-0.05, 0) is 25.9 Å². The highest BCUT2D eigenvalue weighted by Crippen LogP contribution is 2.15. The predicted octanol–water partition coefficient (Wildman–Crippen LogP) is 2.85. The van der Waals surface area contributed by atoms with E-state index in [4.69, 9.17) is 0 Å². The SMILES string of the molecule is CCCN(CC)CCNc1nc(CC)cs1. The standard InChI is InChI=1S/C12H23N3S/c1-4-8-15(6-3)9-7-13-12-14-11(5-2)10-16-12/h10H,4-9H2,1-3H3,(H,13,14). The van der Waals surface area contributed by atoms with Gasteiger partial charge >= 0.3 is 0 Å². The fraction of sp³-hybridized carbons (Fsp3) is 0.750. The fourth-order valence-electron chi connectivity index (χ4n) is 1.62. The van der Waals surface area contributed by atoms with E-state index in [1.54, 1.807) is 11.3 Å². The van der Waals surface area contributed by atoms with E-state index in [9.17, 15) is 0 Å². The van der Waals surface area contributed by atoms with Crippen molar-refractivity contribution in [3.63, 3.8) is 0 Å². The minimum absolute atomic E-state index is 0.991. The number of nitrogens with one attached hydrogen (secondary N) is 1. The third-order valence-electron chi connectivity index (χ3n) is 2.61. The van der Waals surface area contributed by atoms with Crippen LogP contribution in [0.1, 0.15) is 32.9 Å². The molecule has 1 rings (SSSR count). The number of likely N-dealkylation sites (N-methyl/N-ethyl adjacent to an activating group) is 1. The number of thiazole rings is 1. The lowest BCUT2D eigenvalue weighted by molar-refractivity contribution is 0.300. The number of hydrogen-bond donors (Lipinski definition) is 1. The van der Waals surface area contributed by atoms with Crippen LogP contribution in [0.3, 0.4) is 0 Å². The minimum Gasteiger partial charge on any atom is -0.360 e. The van der Waals surface area contributed by atoms with Gasteiger partial charge in [0.05, 0.1) is 5.69 Å². The molecule has 0 radical (unpaired) electrons. The van der Waals surface area contributed by atoms with Gasteiger partial charge in [-0.1, -0.05) is 20.8 Å². The number of aromatic nitrogens is 1. The summed E-state index contributed by atoms with van der Waals surface area (Å²) in [4.78, 5) is 6.95. The smallest absolute Gasteiger partial charge is 0.182 e. The molecule has 0 saturated heterocycles. The third-order valence-corrected chi connectivity index (χ3v) is 3.45. The lowest BCUT2D eigenvalue weighted by atomic mass is 10.4. The lowest BCUT2D eigenvalue weighted by Crippen LogP contribution is -2.29. The van der Waals surface area contributed by atoms with E-state index in [2.05, 4.69) is 41.4 Å². The molecule has 0 spiro atoms. The van der Waals surface area contributed by atoms with Gasteiger partial charge in [0.2, 0.25) is 0 Å². The van der Waals surface area contributed by atoms with Gasteiger partial charge in [-0.25, -0.2) is 4.98 Å². The van der Waals surface area contributed by atoms with Gasteiger partial charge in [0.1, 0.15) is 0 Å². The molecule has 16 heavy (non-hydrogen) atoms. The maximum atomic E-state index is 4.49. The number of anilines is 1. The van der Waals surface area contributed by atoms with Crippen molar-refractivity contribution in [1.29, 1.82) is 0 Å². The molecule has 0 aromatic carbocycles. The Morgan fingerprint density at radius 1 is 1.31 bits per heavy atom. The molecule has 0 aliphatic rings. The third kappa shape index (κ3) is 4.49. The minimum atomic E-state index is 0.991. The Balaban J connectivity index is 2.23. The second kappa shape index (κ2) is 7.63. The molecule has 1 aromatic rings. The van der Waals surface area contributed by atoms with Crippen LogP contribution < -0.4 is 5.32 Å². The zero-order valence-corrected chi connectivity index (χ0v) is 11.4. The zero-order chi connectivity index (χ0) is 11.8. The van der Waals surface area contributed by atoms with Gasteiger partial charge < -0.3 is 10.2 Å². The van der Waals surface area contributed by atoms with Crippen molar-refractivity contribution in [3.05, 3.63) is 11.1 Å². The molecule has 0 aliphatic heterocycles. The van der Waals surface area contributed by atoms with E-state index in [1.807, 2.05) is 0 Å². The summed E-state index contributed by atoms with van der Waals surface area (Å²) in [5, 5.41) is 6.58. The summed E-state index contributed by atoms with van der Waals surface area (Å²) in [5.74, 6) is 0. The summed E-state index contributed by atoms with van der Waals surface area (Å²) in [7, 11) is 0. The van der Waals surface area contributed by atoms with Crippen LogP contribution in [0.25, 0.3) is 0 Å². The summed E-state index contributed by atoms with van der Waals surface area (Å²) in [5.41, 5.74) is 1.19. The first-order valence-electron chi connectivity index (χ1n) is 6.20. The molecule has 0 aliphatic carbocycles. The number of rotatable bonds is 8. The van der Waals surface area contributed by atoms with Gasteiger partial charge in [0, 0.05) is 18.5 Å². The molecule has 0 saturated carbocycles. The Morgan fingerprint density at radius 3 is 2.69 bits per heavy atom. The Morgan fingerprint density at radius 2 is 2.12 bits per heavy atom. The van der Waals surface area contributed by atoms with Gasteiger partial charge in [0.15, 0.2) is 5.13 Å². The van der Waals surface area contributed by atoms with Crippen molar-refractivity contribution < 1.29 is 0 Å². The maximum absolute atomic E-state index is 4.49. The second-order valence-electron chi connectivity index (χ2n) is 3.86. The Hall–Kier alpha value is -0.610. The van der Waals surface area contributed by atoms with E-state index in [1.165, 1.54) is 18.7 Å². The van der Waals surface area contributed by atoms with Crippen LogP contribution in [-0.4, -0.2) is 36.1 Å². The highest BCUT2D eigenvalue weighted by molar-refractivity contribution is 7.13. The second-order valence-corrected chi connectivity index (χ2v) is 4.72. The van der Waals surface area contributed by atoms with Crippen LogP contribution in [0.5, 0.6) is 0 Å². The summed E-state index contributed by atoms with van der Waals surface area (Å²) >= 11 is 1.71. The van der Waals surface area contributed by atoms with Gasteiger partial charge in [-0.2, -0.15) is 0 Å². The molecule has 1 N–H and O–H groups in total. The monoisotopic (exact) mass is 241 g/mol. The van der Waals surface area contributed by atoms with Crippen LogP contribution in [0, 0.1) is 0 Å². The highest BCUT2D eigenvalue weighted by Gasteiger charge is 2.02. The lowest BCUT2D eigenvalue weighted by Gasteiger charge is -2.19. The van der Waals surface area contributed by atoms with E-state index >= 15 is 0 Å². The molecule has 92 valence electrons. The Bertz CT molecular complexity index is 286. The van der Waals surface area contributed by atoms with Crippen molar-refractivity contribution in [2.45, 2.75) is 33.6 Å². The average Bonchev–Trinajstić information content (AvgIpc) is 2.76. The summed E-state index contributed by atoms with van der Waals surface area (Å²) < 4.78 is 0. The molecule has 1 heterocycles. The molecular weight excluding hydrogens is 218 g/mol. The molecule has 0 unspecified atom stereocenters. The van der Waals surface area contributed by atoms with Crippen LogP contribution in [-0.2, 0) is 6.42 Å². The largest absolute Gasteiger partial charge is 0.360 e. The number of aryl methyl sites for hydroxylation is 1. The molecule has 0 amide bonds. The summed E-state index contributed by atoms with van der Waals surface area (Å²) in [6, 6.07) is 0. The van der Waals surface area contributed by atoms with Crippen molar-refractivity contribution >= 4 is 16.5 Å². The molecule has 0 atom stereocenters. The first-order chi connectivity index (χ1) is 7.80. The molecule has 0 fully saturated rings. The summed E-state index contributed by atoms with van der Waals surface area (Å²) in [6.07, 6.45) is 2.25. The molecule has 4 heteroatoms. The fourth-order valence-corrected chi connectivity index (χ4v) is 2.44. The van der Waals surface area contributed by atoms with Crippen LogP contribution >= 0.6 is 11.3 Å². The zero-order valence-electron chi connectivity index (χ0n) is 10.6. The van der Waals surface area contributed by atoms with Crippen molar-refractivity contribution in [3.8, 4) is 0 Å². The van der Waals surface area contributed by atoms with E-state index < -0.39 is 0 Å². The van der Waals surface area contributed by atoms with Crippen molar-refractivity contribution in [2.24, 2.45) is 0 Å². The highest BCUT2D eigenvalue weighted by atomic mass is 32.1. The van der Waals surface area contributed by atoms with E-state index in [0.717, 1.165) is 31.2 Å². The number of hydrogen-bond acceptors (Lipinski definition) is 4. The van der Waals surface area contributed by atoms with Crippen LogP contribution in [0.15, 0.2) is 5.38 Å². The van der Waals surface area contributed by atoms with Gasteiger partial charge in [0.25, 0.3) is 0 Å². The normalized spacial score (nSPS) is 11.0. The topological polar surface area (TPSA) is 28.2 Å². The van der Waals surface area contributed by atoms with Crippen molar-refractivity contribution in [1.82, 2.24) is 9.88 Å². The average molecular weight is 241 g/mol. The van der Waals surface area contributed by atoms with E-state index in [-0.39, 0.29) is 0 Å². The molecular formula is C12H23N3S. The van der Waals surface area contributed by atoms with Gasteiger partial charge in [-0.3, -0.25) is 0 Å². The first kappa shape index (κ1) is 13.5. The maximum Gasteiger partial charge on any atom is 0.182 e. The Kier molecular flexibility index (Phi) is 6.42. The van der Waals surface area contributed by atoms with Crippen molar-refractivity contribution in [2.75, 3.05) is 31.5 Å². The molecule has 3 nitrogen and oxygen atoms in total. The molecule has 1 aromatic heterocycles. The summed E-state index contributed by atoms with van der Waals surface area (Å²) in [6.45, 7) is 11.0. The Labute approximate surface area is 103 Å². The van der Waals surface area contributed by atoms with E-state index in [0.29, 0.717) is 0 Å². The van der Waals surface area contributed by atoms with Crippen LogP contribution in [0.4, 0.5) is 5.13 Å².